The standard InChI is InChI=1S/C81H92BN3/c1-74(2,3)53-32-37-58(38-33-53)83(59-39-34-54(35-40-59)75(4,5)6)60-49-67-69-68(50-60)85-72-65(80(18)42-26-27-43-81(80,85)19)47-57(78(13,14)15)48-66(72)82(69)73-71(61-41-36-55(76(7,8)9)46-64(61)79(73,16)17)84(67)70-62(51-28-22-20-23-29-51)44-56(77(10,11)12)45-63(70)52-30-24-21-25-31-52/h20-25,28-41,44-50H,26-27,42-43H2,1-19H3. The Kier molecular flexibility index (Phi) is 12.7. The first-order chi connectivity index (χ1) is 39.8. The van der Waals surface area contributed by atoms with Gasteiger partial charge < -0.3 is 14.7 Å². The average Bonchev–Trinajstić information content (AvgIpc) is 1.53. The van der Waals surface area contributed by atoms with E-state index in [0.29, 0.717) is 0 Å². The van der Waals surface area contributed by atoms with E-state index in [1.807, 2.05) is 0 Å². The Bertz CT molecular complexity index is 3900. The van der Waals surface area contributed by atoms with E-state index in [1.54, 1.807) is 5.56 Å². The van der Waals surface area contributed by atoms with E-state index in [2.05, 4.69) is 310 Å². The van der Waals surface area contributed by atoms with E-state index >= 15 is 0 Å². The van der Waals surface area contributed by atoms with Crippen molar-refractivity contribution in [3.8, 4) is 22.3 Å². The van der Waals surface area contributed by atoms with Gasteiger partial charge in [0, 0.05) is 61.7 Å². The molecule has 4 heteroatoms. The van der Waals surface area contributed by atoms with Gasteiger partial charge in [0.1, 0.15) is 0 Å². The lowest BCUT2D eigenvalue weighted by atomic mass is 9.30. The van der Waals surface area contributed by atoms with Crippen LogP contribution in [0.3, 0.4) is 0 Å². The van der Waals surface area contributed by atoms with E-state index in [4.69, 9.17) is 0 Å². The van der Waals surface area contributed by atoms with Gasteiger partial charge in [-0.2, -0.15) is 0 Å². The van der Waals surface area contributed by atoms with E-state index in [0.717, 1.165) is 29.9 Å². The molecule has 13 rings (SSSR count). The first-order valence-electron chi connectivity index (χ1n) is 32.0. The van der Waals surface area contributed by atoms with Gasteiger partial charge in [0.05, 0.1) is 16.9 Å². The Morgan fingerprint density at radius 2 is 0.871 bits per heavy atom. The number of anilines is 7. The van der Waals surface area contributed by atoms with Crippen molar-refractivity contribution in [2.75, 3.05) is 14.7 Å². The largest absolute Gasteiger partial charge is 0.335 e. The van der Waals surface area contributed by atoms with Crippen molar-refractivity contribution in [2.24, 2.45) is 0 Å². The molecule has 0 spiro atoms. The summed E-state index contributed by atoms with van der Waals surface area (Å²) >= 11 is 0. The highest BCUT2D eigenvalue weighted by Gasteiger charge is 2.63. The number of fused-ring (bicyclic) bond motifs is 8. The van der Waals surface area contributed by atoms with Crippen LogP contribution >= 0.6 is 0 Å². The fraction of sp³-hybridized carbons (Fsp3) is 0.383. The molecule has 0 saturated heterocycles. The molecule has 2 atom stereocenters. The summed E-state index contributed by atoms with van der Waals surface area (Å²) in [5, 5.41) is 0. The van der Waals surface area contributed by atoms with Gasteiger partial charge in [-0.3, -0.25) is 0 Å². The van der Waals surface area contributed by atoms with Gasteiger partial charge in [0.2, 0.25) is 6.71 Å². The van der Waals surface area contributed by atoms with Crippen LogP contribution in [0.5, 0.6) is 0 Å². The summed E-state index contributed by atoms with van der Waals surface area (Å²) in [6.45, 7) is 46.0. The number of hydrogen-bond acceptors (Lipinski definition) is 3. The maximum Gasteiger partial charge on any atom is 0.248 e. The fourth-order valence-electron chi connectivity index (χ4n) is 15.8. The van der Waals surface area contributed by atoms with E-state index < -0.39 is 0 Å². The normalized spacial score (nSPS) is 19.6. The molecule has 0 N–H and O–H groups in total. The molecule has 5 aliphatic rings. The average molecular weight is 1120 g/mol. The van der Waals surface area contributed by atoms with Gasteiger partial charge in [-0.25, -0.2) is 0 Å². The molecule has 8 aromatic rings. The maximum absolute atomic E-state index is 2.96. The van der Waals surface area contributed by atoms with Crippen LogP contribution in [0.25, 0.3) is 28.0 Å². The van der Waals surface area contributed by atoms with Crippen LogP contribution in [0.4, 0.5) is 39.8 Å². The molecule has 2 unspecified atom stereocenters. The molecule has 434 valence electrons. The summed E-state index contributed by atoms with van der Waals surface area (Å²) in [6, 6.07) is 65.1. The van der Waals surface area contributed by atoms with E-state index in [-0.39, 0.29) is 50.2 Å². The van der Waals surface area contributed by atoms with Crippen LogP contribution in [0.1, 0.15) is 202 Å². The molecular formula is C81H92BN3. The Hall–Kier alpha value is -7.04. The molecule has 0 aromatic heterocycles. The third kappa shape index (κ3) is 8.78. The summed E-state index contributed by atoms with van der Waals surface area (Å²) in [4.78, 5) is 8.39. The van der Waals surface area contributed by atoms with Crippen LogP contribution in [-0.4, -0.2) is 12.3 Å². The zero-order valence-electron chi connectivity index (χ0n) is 54.8. The molecule has 0 bridgehead atoms. The highest BCUT2D eigenvalue weighted by atomic mass is 15.3. The Balaban J connectivity index is 1.25. The molecule has 3 aliphatic heterocycles. The number of rotatable bonds is 6. The second-order valence-electron chi connectivity index (χ2n) is 32.3. The fourth-order valence-corrected chi connectivity index (χ4v) is 15.8. The minimum atomic E-state index is -0.366. The molecule has 8 aromatic carbocycles. The predicted molar refractivity (Wildman–Crippen MR) is 368 cm³/mol. The van der Waals surface area contributed by atoms with Gasteiger partial charge in [0.15, 0.2) is 0 Å². The van der Waals surface area contributed by atoms with Gasteiger partial charge in [-0.1, -0.05) is 258 Å². The smallest absolute Gasteiger partial charge is 0.248 e. The zero-order chi connectivity index (χ0) is 60.5. The van der Waals surface area contributed by atoms with Crippen molar-refractivity contribution < 1.29 is 0 Å². The van der Waals surface area contributed by atoms with Crippen molar-refractivity contribution in [2.45, 2.75) is 201 Å². The Morgan fingerprint density at radius 1 is 0.412 bits per heavy atom. The summed E-state index contributed by atoms with van der Waals surface area (Å²) in [7, 11) is 0. The molecule has 85 heavy (non-hydrogen) atoms. The summed E-state index contributed by atoms with van der Waals surface area (Å²) < 4.78 is 0. The first-order valence-corrected chi connectivity index (χ1v) is 32.0. The van der Waals surface area contributed by atoms with Crippen LogP contribution in [-0.2, 0) is 37.9 Å². The number of allylic oxidation sites excluding steroid dienone is 1. The quantitative estimate of drug-likeness (QED) is 0.154. The van der Waals surface area contributed by atoms with Gasteiger partial charge >= 0.3 is 0 Å². The Morgan fingerprint density at radius 3 is 1.38 bits per heavy atom. The van der Waals surface area contributed by atoms with Crippen LogP contribution < -0.4 is 25.6 Å². The van der Waals surface area contributed by atoms with Crippen molar-refractivity contribution in [3.63, 3.8) is 0 Å². The molecule has 0 amide bonds. The summed E-state index contributed by atoms with van der Waals surface area (Å²) in [6.07, 6.45) is 4.71. The van der Waals surface area contributed by atoms with Crippen molar-refractivity contribution in [1.29, 1.82) is 0 Å². The lowest BCUT2D eigenvalue weighted by molar-refractivity contribution is 0.195. The minimum Gasteiger partial charge on any atom is -0.335 e. The van der Waals surface area contributed by atoms with Crippen molar-refractivity contribution >= 4 is 63.1 Å². The first kappa shape index (κ1) is 57.1. The molecule has 1 saturated carbocycles. The Labute approximate surface area is 511 Å². The molecule has 3 heterocycles. The third-order valence-electron chi connectivity index (χ3n) is 21.2. The van der Waals surface area contributed by atoms with Crippen molar-refractivity contribution in [1.82, 2.24) is 0 Å². The highest BCUT2D eigenvalue weighted by molar-refractivity contribution is 6.96. The topological polar surface area (TPSA) is 9.72 Å². The monoisotopic (exact) mass is 1120 g/mol. The SMILES string of the molecule is CC(C)(C)c1ccc(N(c2ccc(C(C)(C)C)cc2)c2cc3c4c(c2)N2c5c(cc(C(C)(C)C)cc5C5(C)CCCCC25C)B4C2=C(c4ccc(C(C)(C)C)cc4C2(C)C)N3c2c(-c3ccccc3)cc(C(C)(C)C)cc2-c2ccccc2)cc1. The molecule has 1 fully saturated rings. The van der Waals surface area contributed by atoms with Crippen LogP contribution in [0.15, 0.2) is 169 Å². The second-order valence-corrected chi connectivity index (χ2v) is 32.3. The zero-order valence-corrected chi connectivity index (χ0v) is 54.8. The molecular weight excluding hydrogens is 1030 g/mol. The maximum atomic E-state index is 2.96. The van der Waals surface area contributed by atoms with Crippen LogP contribution in [0.2, 0.25) is 0 Å². The van der Waals surface area contributed by atoms with Gasteiger partial charge in [-0.05, 0) is 156 Å². The summed E-state index contributed by atoms with van der Waals surface area (Å²) in [5.74, 6) is 0. The summed E-state index contributed by atoms with van der Waals surface area (Å²) in [5.41, 5.74) is 29.5. The molecule has 2 aliphatic carbocycles. The van der Waals surface area contributed by atoms with Crippen LogP contribution in [0, 0.1) is 0 Å². The van der Waals surface area contributed by atoms with E-state index in [1.165, 1.54) is 119 Å². The number of hydrogen-bond donors (Lipinski definition) is 0. The van der Waals surface area contributed by atoms with E-state index in [9.17, 15) is 0 Å². The molecule has 0 radical (unpaired) electrons. The number of benzene rings is 8. The van der Waals surface area contributed by atoms with Gasteiger partial charge in [-0.15, -0.1) is 0 Å². The van der Waals surface area contributed by atoms with Crippen molar-refractivity contribution in [3.05, 3.63) is 214 Å². The molecule has 3 nitrogen and oxygen atoms in total. The third-order valence-corrected chi connectivity index (χ3v) is 21.2. The lowest BCUT2D eigenvalue weighted by Gasteiger charge is -2.53. The number of nitrogens with zero attached hydrogens (tertiary/aromatic N) is 3. The predicted octanol–water partition coefficient (Wildman–Crippen LogP) is 21.0. The second kappa shape index (κ2) is 19.0. The minimum absolute atomic E-state index is 0.00108. The highest BCUT2D eigenvalue weighted by Crippen LogP contribution is 2.65. The lowest BCUT2D eigenvalue weighted by Crippen LogP contribution is -2.62. The van der Waals surface area contributed by atoms with Gasteiger partial charge in [0.25, 0.3) is 0 Å².